The molecule has 4 rings (SSSR count). The van der Waals surface area contributed by atoms with Crippen molar-refractivity contribution in [3.63, 3.8) is 0 Å². The van der Waals surface area contributed by atoms with Crippen LogP contribution in [0.25, 0.3) is 0 Å². The van der Waals surface area contributed by atoms with Gasteiger partial charge in [-0.3, -0.25) is 4.79 Å². The average molecular weight is 300 g/mol. The highest BCUT2D eigenvalue weighted by atomic mass is 16.5. The Bertz CT molecular complexity index is 586. The molecule has 1 aromatic rings. The number of nitrogens with zero attached hydrogens (tertiary/aromatic N) is 2. The van der Waals surface area contributed by atoms with Crippen LogP contribution < -0.4 is 0 Å². The van der Waals surface area contributed by atoms with E-state index in [2.05, 4.69) is 22.9 Å². The zero-order valence-corrected chi connectivity index (χ0v) is 13.3. The molecule has 3 aliphatic rings. The van der Waals surface area contributed by atoms with Crippen molar-refractivity contribution < 1.29 is 9.53 Å². The smallest absolute Gasteiger partial charge is 0.254 e. The molecule has 4 nitrogen and oxygen atoms in total. The Labute approximate surface area is 132 Å². The van der Waals surface area contributed by atoms with E-state index in [1.54, 1.807) is 0 Å². The second-order valence-electron chi connectivity index (χ2n) is 6.87. The van der Waals surface area contributed by atoms with Crippen LogP contribution in [0.4, 0.5) is 0 Å². The Kier molecular flexibility index (Phi) is 3.66. The molecule has 0 unspecified atom stereocenters. The third-order valence-electron chi connectivity index (χ3n) is 5.55. The Morgan fingerprint density at radius 1 is 1.09 bits per heavy atom. The first-order chi connectivity index (χ1) is 10.7. The van der Waals surface area contributed by atoms with Crippen LogP contribution >= 0.6 is 0 Å². The molecule has 1 amide bonds. The fraction of sp³-hybridized carbons (Fsp3) is 0.611. The first-order valence-electron chi connectivity index (χ1n) is 8.45. The van der Waals surface area contributed by atoms with E-state index in [0.717, 1.165) is 24.9 Å². The number of carbonyl (C=O) groups excluding carboxylic acids is 1. The predicted molar refractivity (Wildman–Crippen MR) is 84.6 cm³/mol. The molecule has 0 saturated carbocycles. The molecule has 0 radical (unpaired) electrons. The van der Waals surface area contributed by atoms with E-state index in [1.165, 1.54) is 30.5 Å². The van der Waals surface area contributed by atoms with Crippen LogP contribution in [0, 0.1) is 0 Å². The molecule has 4 heteroatoms. The van der Waals surface area contributed by atoms with Crippen molar-refractivity contribution in [3.05, 3.63) is 34.9 Å². The molecule has 118 valence electrons. The highest BCUT2D eigenvalue weighted by Crippen LogP contribution is 2.31. The molecule has 0 spiro atoms. The van der Waals surface area contributed by atoms with Crippen LogP contribution in [0.2, 0.25) is 0 Å². The van der Waals surface area contributed by atoms with E-state index in [0.29, 0.717) is 25.3 Å². The van der Waals surface area contributed by atoms with Gasteiger partial charge >= 0.3 is 0 Å². The summed E-state index contributed by atoms with van der Waals surface area (Å²) in [5.74, 6) is 0.206. The summed E-state index contributed by atoms with van der Waals surface area (Å²) in [6.07, 6.45) is 4.77. The maximum absolute atomic E-state index is 13.0. The van der Waals surface area contributed by atoms with E-state index >= 15 is 0 Å². The molecule has 22 heavy (non-hydrogen) atoms. The maximum Gasteiger partial charge on any atom is 0.254 e. The first-order valence-corrected chi connectivity index (χ1v) is 8.45. The fourth-order valence-corrected chi connectivity index (χ4v) is 4.34. The van der Waals surface area contributed by atoms with Gasteiger partial charge in [0.2, 0.25) is 0 Å². The third-order valence-corrected chi connectivity index (χ3v) is 5.55. The number of hydrogen-bond donors (Lipinski definition) is 0. The van der Waals surface area contributed by atoms with Gasteiger partial charge in [-0.2, -0.15) is 0 Å². The van der Waals surface area contributed by atoms with Gasteiger partial charge < -0.3 is 14.5 Å². The number of hydrogen-bond acceptors (Lipinski definition) is 3. The van der Waals surface area contributed by atoms with Crippen LogP contribution in [0.15, 0.2) is 18.2 Å². The highest BCUT2D eigenvalue weighted by Gasteiger charge is 2.38. The van der Waals surface area contributed by atoms with E-state index in [9.17, 15) is 4.79 Å². The summed E-state index contributed by atoms with van der Waals surface area (Å²) in [6.45, 7) is 3.40. The Hall–Kier alpha value is -1.39. The van der Waals surface area contributed by atoms with Gasteiger partial charge in [0.1, 0.15) is 0 Å². The zero-order valence-electron chi connectivity index (χ0n) is 13.3. The molecule has 0 bridgehead atoms. The second-order valence-corrected chi connectivity index (χ2v) is 6.87. The van der Waals surface area contributed by atoms with Gasteiger partial charge in [-0.15, -0.1) is 0 Å². The van der Waals surface area contributed by atoms with Crippen molar-refractivity contribution in [3.8, 4) is 0 Å². The number of ether oxygens (including phenoxy) is 1. The quantitative estimate of drug-likeness (QED) is 0.841. The van der Waals surface area contributed by atoms with Crippen LogP contribution in [-0.4, -0.2) is 47.9 Å². The fourth-order valence-electron chi connectivity index (χ4n) is 4.34. The number of rotatable bonds is 2. The topological polar surface area (TPSA) is 32.8 Å². The van der Waals surface area contributed by atoms with Crippen LogP contribution in [0.1, 0.15) is 47.2 Å². The standard InChI is InChI=1S/C18H24N2O2/c1-19-8-2-4-16(19)17-5-3-9-20(17)18(21)13-6-7-14-11-22-12-15(14)10-13/h6-7,10,16-17H,2-5,8-9,11-12H2,1H3/t16-,17+/m1/s1. The Balaban J connectivity index is 1.56. The normalized spacial score (nSPS) is 28.3. The van der Waals surface area contributed by atoms with Gasteiger partial charge in [-0.25, -0.2) is 0 Å². The second kappa shape index (κ2) is 5.67. The van der Waals surface area contributed by atoms with Crippen molar-refractivity contribution >= 4 is 5.91 Å². The van der Waals surface area contributed by atoms with Crippen LogP contribution in [0.5, 0.6) is 0 Å². The monoisotopic (exact) mass is 300 g/mol. The molecular weight excluding hydrogens is 276 g/mol. The summed E-state index contributed by atoms with van der Waals surface area (Å²) in [4.78, 5) is 17.6. The number of benzene rings is 1. The molecule has 3 heterocycles. The van der Waals surface area contributed by atoms with Crippen molar-refractivity contribution in [2.45, 2.75) is 51.0 Å². The predicted octanol–water partition coefficient (Wildman–Crippen LogP) is 2.42. The highest BCUT2D eigenvalue weighted by molar-refractivity contribution is 5.95. The molecule has 2 atom stereocenters. The summed E-state index contributed by atoms with van der Waals surface area (Å²) in [6, 6.07) is 7.01. The van der Waals surface area contributed by atoms with E-state index in [1.807, 2.05) is 12.1 Å². The number of likely N-dealkylation sites (tertiary alicyclic amines) is 2. The average Bonchev–Trinajstić information content (AvgIpc) is 3.25. The summed E-state index contributed by atoms with van der Waals surface area (Å²) in [5, 5.41) is 0. The van der Waals surface area contributed by atoms with Crippen LogP contribution in [0.3, 0.4) is 0 Å². The summed E-state index contributed by atoms with van der Waals surface area (Å²) < 4.78 is 5.46. The molecule has 2 saturated heterocycles. The van der Waals surface area contributed by atoms with Crippen molar-refractivity contribution in [1.29, 1.82) is 0 Å². The minimum atomic E-state index is 0.206. The minimum absolute atomic E-state index is 0.206. The zero-order chi connectivity index (χ0) is 15.1. The van der Waals surface area contributed by atoms with Crippen molar-refractivity contribution in [2.75, 3.05) is 20.1 Å². The molecule has 0 aliphatic carbocycles. The van der Waals surface area contributed by atoms with Crippen molar-refractivity contribution in [2.24, 2.45) is 0 Å². The number of amides is 1. The number of fused-ring (bicyclic) bond motifs is 1. The molecule has 3 aliphatic heterocycles. The summed E-state index contributed by atoms with van der Waals surface area (Å²) in [5.41, 5.74) is 3.24. The summed E-state index contributed by atoms with van der Waals surface area (Å²) in [7, 11) is 2.20. The summed E-state index contributed by atoms with van der Waals surface area (Å²) >= 11 is 0. The Morgan fingerprint density at radius 3 is 2.68 bits per heavy atom. The van der Waals surface area contributed by atoms with Gasteiger partial charge in [0.15, 0.2) is 0 Å². The van der Waals surface area contributed by atoms with Gasteiger partial charge in [0.25, 0.3) is 5.91 Å². The molecular formula is C18H24N2O2. The maximum atomic E-state index is 13.0. The lowest BCUT2D eigenvalue weighted by atomic mass is 10.0. The first kappa shape index (κ1) is 14.2. The van der Waals surface area contributed by atoms with E-state index < -0.39 is 0 Å². The molecule has 0 aromatic heterocycles. The minimum Gasteiger partial charge on any atom is -0.372 e. The lowest BCUT2D eigenvalue weighted by Crippen LogP contribution is -2.47. The third kappa shape index (κ3) is 2.34. The largest absolute Gasteiger partial charge is 0.372 e. The van der Waals surface area contributed by atoms with Crippen LogP contribution in [-0.2, 0) is 18.0 Å². The van der Waals surface area contributed by atoms with E-state index in [4.69, 9.17) is 4.74 Å². The van der Waals surface area contributed by atoms with Gasteiger partial charge in [-0.1, -0.05) is 6.07 Å². The number of likely N-dealkylation sites (N-methyl/N-ethyl adjacent to an activating group) is 1. The lowest BCUT2D eigenvalue weighted by molar-refractivity contribution is 0.0664. The van der Waals surface area contributed by atoms with Gasteiger partial charge in [0.05, 0.1) is 13.2 Å². The molecule has 0 N–H and O–H groups in total. The SMILES string of the molecule is CN1CCC[C@@H]1[C@@H]1CCCN1C(=O)c1ccc2c(c1)COC2. The van der Waals surface area contributed by atoms with Gasteiger partial charge in [0, 0.05) is 24.2 Å². The van der Waals surface area contributed by atoms with E-state index in [-0.39, 0.29) is 5.91 Å². The molecule has 1 aromatic carbocycles. The Morgan fingerprint density at radius 2 is 1.86 bits per heavy atom. The molecule has 2 fully saturated rings. The lowest BCUT2D eigenvalue weighted by Gasteiger charge is -2.33. The van der Waals surface area contributed by atoms with Crippen molar-refractivity contribution in [1.82, 2.24) is 9.80 Å². The number of carbonyl (C=O) groups is 1. The van der Waals surface area contributed by atoms with Gasteiger partial charge in [-0.05, 0) is 62.5 Å².